The second kappa shape index (κ2) is 7.07. The van der Waals surface area contributed by atoms with Gasteiger partial charge in [0.1, 0.15) is 5.69 Å². The number of nitrogens with zero attached hydrogens (tertiary/aromatic N) is 2. The van der Waals surface area contributed by atoms with Crippen LogP contribution in [0.25, 0.3) is 11.3 Å². The van der Waals surface area contributed by atoms with E-state index in [4.69, 9.17) is 4.52 Å². The van der Waals surface area contributed by atoms with E-state index in [1.807, 2.05) is 0 Å². The first-order chi connectivity index (χ1) is 10.8. The summed E-state index contributed by atoms with van der Waals surface area (Å²) in [6.45, 7) is 8.48. The number of nitrogens with one attached hydrogen (secondary N) is 1. The third kappa shape index (κ3) is 3.57. The normalized spacial score (nSPS) is 18.2. The van der Waals surface area contributed by atoms with Crippen molar-refractivity contribution in [2.24, 2.45) is 0 Å². The maximum absolute atomic E-state index is 5.57. The molecule has 1 saturated heterocycles. The number of hydrogen-bond acceptors (Lipinski definition) is 4. The highest BCUT2D eigenvalue weighted by Gasteiger charge is 2.23. The topological polar surface area (TPSA) is 41.3 Å². The van der Waals surface area contributed by atoms with Gasteiger partial charge in [0, 0.05) is 24.2 Å². The van der Waals surface area contributed by atoms with Crippen LogP contribution in [0, 0.1) is 6.92 Å². The molecule has 0 radical (unpaired) electrons. The zero-order valence-electron chi connectivity index (χ0n) is 13.5. The molecule has 1 aliphatic heterocycles. The van der Waals surface area contributed by atoms with Crippen LogP contribution in [0.3, 0.4) is 0 Å². The van der Waals surface area contributed by atoms with Crippen molar-refractivity contribution in [3.05, 3.63) is 41.7 Å². The maximum Gasteiger partial charge on any atom is 0.151 e. The molecule has 1 fully saturated rings. The van der Waals surface area contributed by atoms with E-state index >= 15 is 0 Å². The fraction of sp³-hybridized carbons (Fsp3) is 0.500. The maximum atomic E-state index is 5.57. The summed E-state index contributed by atoms with van der Waals surface area (Å²) in [4.78, 5) is 2.51. The van der Waals surface area contributed by atoms with Crippen LogP contribution in [0.15, 0.2) is 34.9 Å². The molecule has 0 aliphatic carbocycles. The lowest BCUT2D eigenvalue weighted by Crippen LogP contribution is -2.36. The number of benzene rings is 1. The summed E-state index contributed by atoms with van der Waals surface area (Å²) in [5, 5.41) is 7.68. The van der Waals surface area contributed by atoms with Gasteiger partial charge in [0.15, 0.2) is 5.76 Å². The Labute approximate surface area is 132 Å². The van der Waals surface area contributed by atoms with E-state index in [0.29, 0.717) is 6.04 Å². The Balaban J connectivity index is 1.70. The summed E-state index contributed by atoms with van der Waals surface area (Å²) in [5.74, 6) is 0.955. The quantitative estimate of drug-likeness (QED) is 0.889. The lowest BCUT2D eigenvalue weighted by molar-refractivity contribution is 0.178. The van der Waals surface area contributed by atoms with Crippen LogP contribution >= 0.6 is 0 Å². The van der Waals surface area contributed by atoms with E-state index in [1.54, 1.807) is 0 Å². The molecule has 1 atom stereocenters. The van der Waals surface area contributed by atoms with Crippen molar-refractivity contribution >= 4 is 0 Å². The summed E-state index contributed by atoms with van der Waals surface area (Å²) in [6.07, 6.45) is 2.38. The van der Waals surface area contributed by atoms with E-state index in [2.05, 4.69) is 59.6 Å². The Morgan fingerprint density at radius 1 is 1.32 bits per heavy atom. The smallest absolute Gasteiger partial charge is 0.151 e. The Hall–Kier alpha value is -1.65. The van der Waals surface area contributed by atoms with Gasteiger partial charge in [-0.25, -0.2) is 0 Å². The van der Waals surface area contributed by atoms with Crippen molar-refractivity contribution in [3.8, 4) is 11.3 Å². The zero-order valence-corrected chi connectivity index (χ0v) is 13.5. The molecule has 4 nitrogen and oxygen atoms in total. The third-order valence-corrected chi connectivity index (χ3v) is 4.33. The van der Waals surface area contributed by atoms with Gasteiger partial charge in [-0.3, -0.25) is 4.90 Å². The molecule has 4 heteroatoms. The first-order valence-electron chi connectivity index (χ1n) is 8.23. The minimum Gasteiger partial charge on any atom is -0.359 e. The summed E-state index contributed by atoms with van der Waals surface area (Å²) in [7, 11) is 0. The summed E-state index contributed by atoms with van der Waals surface area (Å²) < 4.78 is 5.57. The van der Waals surface area contributed by atoms with Gasteiger partial charge in [-0.15, -0.1) is 0 Å². The average molecular weight is 299 g/mol. The molecule has 0 saturated carbocycles. The number of rotatable bonds is 6. The lowest BCUT2D eigenvalue weighted by Gasteiger charge is -2.26. The van der Waals surface area contributed by atoms with E-state index in [-0.39, 0.29) is 0 Å². The molecule has 1 aromatic heterocycles. The van der Waals surface area contributed by atoms with Crippen molar-refractivity contribution in [3.63, 3.8) is 0 Å². The van der Waals surface area contributed by atoms with Gasteiger partial charge < -0.3 is 9.84 Å². The van der Waals surface area contributed by atoms with Crippen LogP contribution in [0.1, 0.15) is 31.1 Å². The predicted octanol–water partition coefficient (Wildman–Crippen LogP) is 3.22. The van der Waals surface area contributed by atoms with E-state index in [9.17, 15) is 0 Å². The van der Waals surface area contributed by atoms with Crippen molar-refractivity contribution in [2.45, 2.75) is 39.3 Å². The molecule has 2 aromatic rings. The molecule has 118 valence electrons. The van der Waals surface area contributed by atoms with Crippen LogP contribution in [-0.4, -0.2) is 35.7 Å². The first-order valence-corrected chi connectivity index (χ1v) is 8.23. The van der Waals surface area contributed by atoms with Crippen LogP contribution in [-0.2, 0) is 6.54 Å². The van der Waals surface area contributed by atoms with Gasteiger partial charge in [-0.1, -0.05) is 41.9 Å². The molecular formula is C18H25N3O. The molecule has 0 amide bonds. The lowest BCUT2D eigenvalue weighted by atomic mass is 10.1. The van der Waals surface area contributed by atoms with Gasteiger partial charge in [0.2, 0.25) is 0 Å². The number of hydrogen-bond donors (Lipinski definition) is 1. The Bertz CT molecular complexity index is 585. The van der Waals surface area contributed by atoms with Gasteiger partial charge >= 0.3 is 0 Å². The summed E-state index contributed by atoms with van der Waals surface area (Å²) in [5.41, 5.74) is 3.30. The van der Waals surface area contributed by atoms with Gasteiger partial charge in [-0.05, 0) is 32.9 Å². The highest BCUT2D eigenvalue weighted by atomic mass is 16.5. The van der Waals surface area contributed by atoms with Gasteiger partial charge in [-0.2, -0.15) is 0 Å². The molecule has 1 N–H and O–H groups in total. The minimum atomic E-state index is 0.618. The van der Waals surface area contributed by atoms with Crippen molar-refractivity contribution in [2.75, 3.05) is 19.6 Å². The molecule has 1 aromatic carbocycles. The molecule has 0 spiro atoms. The third-order valence-electron chi connectivity index (χ3n) is 4.33. The largest absolute Gasteiger partial charge is 0.359 e. The SMILES string of the molecule is CCCN(Cc1cc(-c2ccc(C)cc2)no1)C1CCNC1. The highest BCUT2D eigenvalue weighted by molar-refractivity contribution is 5.59. The fourth-order valence-electron chi connectivity index (χ4n) is 3.08. The van der Waals surface area contributed by atoms with E-state index < -0.39 is 0 Å². The van der Waals surface area contributed by atoms with Crippen molar-refractivity contribution in [1.29, 1.82) is 0 Å². The fourth-order valence-corrected chi connectivity index (χ4v) is 3.08. The molecular weight excluding hydrogens is 274 g/mol. The number of aromatic nitrogens is 1. The van der Waals surface area contributed by atoms with Crippen molar-refractivity contribution < 1.29 is 4.52 Å². The predicted molar refractivity (Wildman–Crippen MR) is 88.7 cm³/mol. The van der Waals surface area contributed by atoms with E-state index in [0.717, 1.165) is 49.6 Å². The molecule has 3 rings (SSSR count). The molecule has 0 bridgehead atoms. The van der Waals surface area contributed by atoms with Crippen molar-refractivity contribution in [1.82, 2.24) is 15.4 Å². The van der Waals surface area contributed by atoms with Crippen LogP contribution in [0.5, 0.6) is 0 Å². The van der Waals surface area contributed by atoms with Crippen LogP contribution in [0.4, 0.5) is 0 Å². The summed E-state index contributed by atoms with van der Waals surface area (Å²) >= 11 is 0. The average Bonchev–Trinajstić information content (AvgIpc) is 3.19. The Morgan fingerprint density at radius 3 is 2.82 bits per heavy atom. The van der Waals surface area contributed by atoms with Gasteiger partial charge in [0.25, 0.3) is 0 Å². The van der Waals surface area contributed by atoms with Crippen LogP contribution in [0.2, 0.25) is 0 Å². The second-order valence-corrected chi connectivity index (χ2v) is 6.16. The second-order valence-electron chi connectivity index (χ2n) is 6.16. The first kappa shape index (κ1) is 15.3. The highest BCUT2D eigenvalue weighted by Crippen LogP contribution is 2.21. The molecule has 22 heavy (non-hydrogen) atoms. The van der Waals surface area contributed by atoms with E-state index in [1.165, 1.54) is 12.0 Å². The summed E-state index contributed by atoms with van der Waals surface area (Å²) in [6, 6.07) is 11.1. The monoisotopic (exact) mass is 299 g/mol. The zero-order chi connectivity index (χ0) is 15.4. The molecule has 1 aliphatic rings. The minimum absolute atomic E-state index is 0.618. The van der Waals surface area contributed by atoms with Crippen LogP contribution < -0.4 is 5.32 Å². The standard InChI is InChI=1S/C18H25N3O/c1-3-10-21(16-8-9-19-12-16)13-17-11-18(20-22-17)15-6-4-14(2)5-7-15/h4-7,11,16,19H,3,8-10,12-13H2,1-2H3. The number of aryl methyl sites for hydroxylation is 1. The Kier molecular flexibility index (Phi) is 4.90. The molecule has 2 heterocycles. The van der Waals surface area contributed by atoms with Gasteiger partial charge in [0.05, 0.1) is 6.54 Å². The molecule has 1 unspecified atom stereocenters. The Morgan fingerprint density at radius 2 is 2.14 bits per heavy atom.